The van der Waals surface area contributed by atoms with E-state index in [2.05, 4.69) is 30.6 Å². The number of hydrogen-bond acceptors (Lipinski definition) is 3. The van der Waals surface area contributed by atoms with Crippen molar-refractivity contribution < 1.29 is 9.13 Å². The van der Waals surface area contributed by atoms with Gasteiger partial charge in [0.05, 0.1) is 12.7 Å². The van der Waals surface area contributed by atoms with E-state index < -0.39 is 6.17 Å². The molecule has 2 aliphatic heterocycles. The second-order valence-corrected chi connectivity index (χ2v) is 5.29. The Morgan fingerprint density at radius 2 is 1.81 bits per heavy atom. The Morgan fingerprint density at radius 3 is 2.38 bits per heavy atom. The molecule has 2 heterocycles. The van der Waals surface area contributed by atoms with Gasteiger partial charge in [-0.05, 0) is 20.8 Å². The van der Waals surface area contributed by atoms with Gasteiger partial charge in [0.1, 0.15) is 6.17 Å². The molecule has 0 aromatic carbocycles. The van der Waals surface area contributed by atoms with Crippen LogP contribution in [0.3, 0.4) is 0 Å². The first-order valence-corrected chi connectivity index (χ1v) is 6.31. The van der Waals surface area contributed by atoms with Gasteiger partial charge in [0, 0.05) is 38.3 Å². The smallest absolute Gasteiger partial charge is 0.125 e. The third kappa shape index (κ3) is 2.55. The maximum Gasteiger partial charge on any atom is 0.125 e. The van der Waals surface area contributed by atoms with Crippen LogP contribution in [0.15, 0.2) is 0 Å². The second kappa shape index (κ2) is 4.98. The van der Waals surface area contributed by atoms with Crippen LogP contribution in [0, 0.1) is 0 Å². The minimum absolute atomic E-state index is 0.239. The molecular weight excluding hydrogens is 207 g/mol. The number of nitrogens with zero attached hydrogens (tertiary/aromatic N) is 2. The Balaban J connectivity index is 1.84. The van der Waals surface area contributed by atoms with Crippen LogP contribution < -0.4 is 0 Å². The van der Waals surface area contributed by atoms with Gasteiger partial charge < -0.3 is 4.74 Å². The summed E-state index contributed by atoms with van der Waals surface area (Å²) in [4.78, 5) is 4.62. The highest BCUT2D eigenvalue weighted by Crippen LogP contribution is 2.21. The van der Waals surface area contributed by atoms with Gasteiger partial charge in [-0.1, -0.05) is 0 Å². The summed E-state index contributed by atoms with van der Waals surface area (Å²) >= 11 is 0. The summed E-state index contributed by atoms with van der Waals surface area (Å²) in [7, 11) is 0. The number of ether oxygens (including phenoxy) is 1. The lowest BCUT2D eigenvalue weighted by atomic mass is 10.0. The molecule has 2 rings (SSSR count). The fraction of sp³-hybridized carbons (Fsp3) is 1.00. The highest BCUT2D eigenvalue weighted by atomic mass is 19.1. The fourth-order valence-corrected chi connectivity index (χ4v) is 2.48. The molecule has 2 saturated heterocycles. The van der Waals surface area contributed by atoms with Gasteiger partial charge in [-0.25, -0.2) is 4.39 Å². The molecule has 2 atom stereocenters. The van der Waals surface area contributed by atoms with Crippen molar-refractivity contribution in [1.82, 2.24) is 9.80 Å². The predicted octanol–water partition coefficient (Wildman–Crippen LogP) is 1.14. The van der Waals surface area contributed by atoms with Crippen molar-refractivity contribution in [2.24, 2.45) is 0 Å². The number of rotatable bonds is 3. The maximum atomic E-state index is 12.8. The largest absolute Gasteiger partial charge is 0.374 e. The summed E-state index contributed by atoms with van der Waals surface area (Å²) in [6.45, 7) is 10.6. The molecule has 0 unspecified atom stereocenters. The average molecular weight is 230 g/mol. The molecule has 94 valence electrons. The van der Waals surface area contributed by atoms with Crippen molar-refractivity contribution in [2.75, 3.05) is 32.8 Å². The predicted molar refractivity (Wildman–Crippen MR) is 62.4 cm³/mol. The van der Waals surface area contributed by atoms with Crippen LogP contribution in [0.1, 0.15) is 20.8 Å². The lowest BCUT2D eigenvalue weighted by molar-refractivity contribution is -0.0964. The van der Waals surface area contributed by atoms with E-state index in [9.17, 15) is 4.39 Å². The normalized spacial score (nSPS) is 31.7. The van der Waals surface area contributed by atoms with E-state index in [1.54, 1.807) is 0 Å². The average Bonchev–Trinajstić information content (AvgIpc) is 2.24. The summed E-state index contributed by atoms with van der Waals surface area (Å²) in [5.41, 5.74) is 0. The molecule has 0 radical (unpaired) electrons. The summed E-state index contributed by atoms with van der Waals surface area (Å²) in [6.07, 6.45) is -0.379. The van der Waals surface area contributed by atoms with Crippen LogP contribution in [-0.4, -0.2) is 66.9 Å². The van der Waals surface area contributed by atoms with Gasteiger partial charge in [0.2, 0.25) is 0 Å². The lowest BCUT2D eigenvalue weighted by Gasteiger charge is -2.45. The molecule has 0 aromatic rings. The summed E-state index contributed by atoms with van der Waals surface area (Å²) < 4.78 is 18.6. The highest BCUT2D eigenvalue weighted by Gasteiger charge is 2.36. The highest BCUT2D eigenvalue weighted by molar-refractivity contribution is 4.90. The minimum Gasteiger partial charge on any atom is -0.374 e. The molecular formula is C12H23FN2O. The topological polar surface area (TPSA) is 15.7 Å². The molecule has 0 spiro atoms. The molecule has 0 saturated carbocycles. The van der Waals surface area contributed by atoms with Crippen LogP contribution in [0.2, 0.25) is 0 Å². The lowest BCUT2D eigenvalue weighted by Crippen LogP contribution is -2.60. The number of hydrogen-bond donors (Lipinski definition) is 0. The van der Waals surface area contributed by atoms with Crippen molar-refractivity contribution in [3.05, 3.63) is 0 Å². The van der Waals surface area contributed by atoms with Gasteiger partial charge in [-0.2, -0.15) is 0 Å². The van der Waals surface area contributed by atoms with Gasteiger partial charge in [0.15, 0.2) is 0 Å². The molecule has 0 amide bonds. The van der Waals surface area contributed by atoms with Crippen molar-refractivity contribution in [3.63, 3.8) is 0 Å². The van der Waals surface area contributed by atoms with E-state index in [0.717, 1.165) is 19.7 Å². The van der Waals surface area contributed by atoms with E-state index in [1.807, 2.05) is 0 Å². The van der Waals surface area contributed by atoms with E-state index >= 15 is 0 Å². The molecule has 4 heteroatoms. The Kier molecular flexibility index (Phi) is 3.82. The minimum atomic E-state index is -0.618. The van der Waals surface area contributed by atoms with Crippen molar-refractivity contribution in [3.8, 4) is 0 Å². The Bertz CT molecular complexity index is 231. The maximum absolute atomic E-state index is 12.8. The van der Waals surface area contributed by atoms with Crippen molar-refractivity contribution in [2.45, 2.75) is 45.1 Å². The molecule has 0 bridgehead atoms. The zero-order valence-corrected chi connectivity index (χ0v) is 10.5. The number of halogens is 1. The third-order valence-corrected chi connectivity index (χ3v) is 3.83. The second-order valence-electron chi connectivity index (χ2n) is 5.29. The first-order chi connectivity index (χ1) is 7.58. The van der Waals surface area contributed by atoms with Crippen LogP contribution in [-0.2, 0) is 4.74 Å². The Hall–Kier alpha value is -0.190. The van der Waals surface area contributed by atoms with E-state index in [1.165, 1.54) is 0 Å². The van der Waals surface area contributed by atoms with Gasteiger partial charge in [-0.3, -0.25) is 9.80 Å². The monoisotopic (exact) mass is 230 g/mol. The van der Waals surface area contributed by atoms with E-state index in [0.29, 0.717) is 25.2 Å². The third-order valence-electron chi connectivity index (χ3n) is 3.83. The molecule has 16 heavy (non-hydrogen) atoms. The zero-order chi connectivity index (χ0) is 11.7. The number of likely N-dealkylation sites (tertiary alicyclic amines) is 1. The number of morpholine rings is 1. The van der Waals surface area contributed by atoms with Crippen LogP contribution >= 0.6 is 0 Å². The first-order valence-electron chi connectivity index (χ1n) is 6.31. The molecule has 0 N–H and O–H groups in total. The SMILES string of the molecule is CC(C)N1CCO[C@@H]([C@H](C)N2CC(F)C2)C1. The molecule has 2 aliphatic rings. The summed E-state index contributed by atoms with van der Waals surface area (Å²) in [5, 5.41) is 0. The molecule has 2 fully saturated rings. The van der Waals surface area contributed by atoms with Crippen LogP contribution in [0.25, 0.3) is 0 Å². The quantitative estimate of drug-likeness (QED) is 0.723. The Morgan fingerprint density at radius 1 is 1.12 bits per heavy atom. The van der Waals surface area contributed by atoms with Crippen LogP contribution in [0.5, 0.6) is 0 Å². The first kappa shape index (κ1) is 12.3. The summed E-state index contributed by atoms with van der Waals surface area (Å²) in [6, 6.07) is 0.914. The molecule has 0 aromatic heterocycles. The van der Waals surface area contributed by atoms with Crippen molar-refractivity contribution >= 4 is 0 Å². The number of alkyl halides is 1. The van der Waals surface area contributed by atoms with Crippen molar-refractivity contribution in [1.29, 1.82) is 0 Å². The Labute approximate surface area is 97.5 Å². The standard InChI is InChI=1S/C12H23FN2O/c1-9(2)14-4-5-16-12(8-14)10(3)15-6-11(13)7-15/h9-12H,4-8H2,1-3H3/t10-,12+/m0/s1. The molecule has 0 aliphatic carbocycles. The molecule has 3 nitrogen and oxygen atoms in total. The summed E-state index contributed by atoms with van der Waals surface area (Å²) in [5.74, 6) is 0. The zero-order valence-electron chi connectivity index (χ0n) is 10.5. The van der Waals surface area contributed by atoms with Gasteiger partial charge >= 0.3 is 0 Å². The van der Waals surface area contributed by atoms with Crippen LogP contribution in [0.4, 0.5) is 4.39 Å². The van der Waals surface area contributed by atoms with Gasteiger partial charge in [-0.15, -0.1) is 0 Å². The van der Waals surface area contributed by atoms with Gasteiger partial charge in [0.25, 0.3) is 0 Å². The van der Waals surface area contributed by atoms with E-state index in [-0.39, 0.29) is 6.10 Å². The fourth-order valence-electron chi connectivity index (χ4n) is 2.48. The van der Waals surface area contributed by atoms with E-state index in [4.69, 9.17) is 4.74 Å².